The second-order valence-corrected chi connectivity index (χ2v) is 8.45. The number of nitrogens with zero attached hydrogens (tertiary/aromatic N) is 2. The molecule has 1 saturated heterocycles. The Morgan fingerprint density at radius 3 is 2.35 bits per heavy atom. The molecule has 4 aliphatic carbocycles. The summed E-state index contributed by atoms with van der Waals surface area (Å²) in [6, 6.07) is 2.26. The SMILES string of the molecule is N#CCCN(C(=O)[C@@H]1CCCOC1)C12CC3CC(CC(C3)C1)C2. The summed E-state index contributed by atoms with van der Waals surface area (Å²) in [5.74, 6) is 2.76. The van der Waals surface area contributed by atoms with Gasteiger partial charge in [0.15, 0.2) is 0 Å². The third kappa shape index (κ3) is 2.78. The number of carbonyl (C=O) groups excluding carboxylic acids is 1. The summed E-state index contributed by atoms with van der Waals surface area (Å²) < 4.78 is 5.56. The Morgan fingerprint density at radius 1 is 1.17 bits per heavy atom. The highest BCUT2D eigenvalue weighted by molar-refractivity contribution is 5.80. The van der Waals surface area contributed by atoms with Crippen LogP contribution in [0.3, 0.4) is 0 Å². The first-order valence-electron chi connectivity index (χ1n) is 9.46. The van der Waals surface area contributed by atoms with Gasteiger partial charge in [-0.2, -0.15) is 5.26 Å². The van der Waals surface area contributed by atoms with Crippen LogP contribution in [0.4, 0.5) is 0 Å². The maximum absolute atomic E-state index is 13.3. The lowest BCUT2D eigenvalue weighted by Gasteiger charge is -2.60. The summed E-state index contributed by atoms with van der Waals surface area (Å²) in [5, 5.41) is 9.08. The van der Waals surface area contributed by atoms with Crippen LogP contribution in [0.2, 0.25) is 0 Å². The molecular formula is C19H28N2O2. The van der Waals surface area contributed by atoms with Gasteiger partial charge >= 0.3 is 0 Å². The van der Waals surface area contributed by atoms with Crippen molar-refractivity contribution in [2.24, 2.45) is 23.7 Å². The fourth-order valence-electron chi connectivity index (χ4n) is 6.29. The molecule has 1 aliphatic heterocycles. The molecule has 1 heterocycles. The second-order valence-electron chi connectivity index (χ2n) is 8.45. The van der Waals surface area contributed by atoms with E-state index in [2.05, 4.69) is 11.0 Å². The zero-order valence-corrected chi connectivity index (χ0v) is 14.0. The molecule has 0 unspecified atom stereocenters. The van der Waals surface area contributed by atoms with E-state index >= 15 is 0 Å². The van der Waals surface area contributed by atoms with Crippen LogP contribution in [0, 0.1) is 35.0 Å². The minimum atomic E-state index is 0.0236. The van der Waals surface area contributed by atoms with Crippen molar-refractivity contribution >= 4 is 5.91 Å². The first-order chi connectivity index (χ1) is 11.2. The molecule has 4 nitrogen and oxygen atoms in total. The maximum Gasteiger partial charge on any atom is 0.228 e. The third-order valence-corrected chi connectivity index (χ3v) is 6.80. The molecule has 0 aromatic carbocycles. The summed E-state index contributed by atoms with van der Waals surface area (Å²) in [5.41, 5.74) is 0.0696. The molecule has 4 heteroatoms. The van der Waals surface area contributed by atoms with Crippen LogP contribution < -0.4 is 0 Å². The molecule has 5 rings (SSSR count). The van der Waals surface area contributed by atoms with Gasteiger partial charge in [0.1, 0.15) is 0 Å². The van der Waals surface area contributed by atoms with Crippen LogP contribution in [0.5, 0.6) is 0 Å². The molecule has 1 amide bonds. The Balaban J connectivity index is 1.57. The zero-order valence-electron chi connectivity index (χ0n) is 14.0. The molecule has 1 atom stereocenters. The van der Waals surface area contributed by atoms with E-state index in [1.54, 1.807) is 0 Å². The summed E-state index contributed by atoms with van der Waals surface area (Å²) in [4.78, 5) is 15.4. The van der Waals surface area contributed by atoms with Crippen LogP contribution in [0.1, 0.15) is 57.8 Å². The number of rotatable bonds is 4. The van der Waals surface area contributed by atoms with Gasteiger partial charge in [0.05, 0.1) is 25.0 Å². The van der Waals surface area contributed by atoms with Gasteiger partial charge in [-0.25, -0.2) is 0 Å². The molecule has 0 aromatic heterocycles. The Hall–Kier alpha value is -1.08. The van der Waals surface area contributed by atoms with E-state index < -0.39 is 0 Å². The number of amides is 1. The Kier molecular flexibility index (Phi) is 4.09. The monoisotopic (exact) mass is 316 g/mol. The fraction of sp³-hybridized carbons (Fsp3) is 0.895. The fourth-order valence-corrected chi connectivity index (χ4v) is 6.29. The van der Waals surface area contributed by atoms with Crippen LogP contribution >= 0.6 is 0 Å². The average molecular weight is 316 g/mol. The van der Waals surface area contributed by atoms with Gasteiger partial charge in [0.2, 0.25) is 5.91 Å². The predicted molar refractivity (Wildman–Crippen MR) is 86.4 cm³/mol. The molecule has 126 valence electrons. The van der Waals surface area contributed by atoms with E-state index in [-0.39, 0.29) is 17.4 Å². The number of nitriles is 1. The smallest absolute Gasteiger partial charge is 0.228 e. The van der Waals surface area contributed by atoms with Gasteiger partial charge in [-0.3, -0.25) is 4.79 Å². The van der Waals surface area contributed by atoms with E-state index in [1.807, 2.05) is 0 Å². The molecule has 4 saturated carbocycles. The largest absolute Gasteiger partial charge is 0.381 e. The first-order valence-corrected chi connectivity index (χ1v) is 9.46. The van der Waals surface area contributed by atoms with Crippen LogP contribution in [-0.4, -0.2) is 36.1 Å². The zero-order chi connectivity index (χ0) is 15.9. The van der Waals surface area contributed by atoms with Gasteiger partial charge in [-0.1, -0.05) is 0 Å². The molecule has 5 aliphatic rings. The van der Waals surface area contributed by atoms with Gasteiger partial charge in [-0.05, 0) is 69.1 Å². The Morgan fingerprint density at radius 2 is 1.83 bits per heavy atom. The first kappa shape index (κ1) is 15.4. The van der Waals surface area contributed by atoms with Crippen molar-refractivity contribution in [3.05, 3.63) is 0 Å². The normalized spacial score (nSPS) is 41.5. The number of carbonyl (C=O) groups is 1. The van der Waals surface area contributed by atoms with Crippen molar-refractivity contribution in [1.29, 1.82) is 5.26 Å². The van der Waals surface area contributed by atoms with Crippen molar-refractivity contribution in [1.82, 2.24) is 4.90 Å². The summed E-state index contributed by atoms with van der Waals surface area (Å²) in [7, 11) is 0. The van der Waals surface area contributed by atoms with Crippen LogP contribution in [-0.2, 0) is 9.53 Å². The highest BCUT2D eigenvalue weighted by Crippen LogP contribution is 2.58. The molecule has 5 fully saturated rings. The van der Waals surface area contributed by atoms with E-state index in [4.69, 9.17) is 10.00 Å². The van der Waals surface area contributed by atoms with Gasteiger partial charge in [0.25, 0.3) is 0 Å². The molecule has 0 radical (unpaired) electrons. The molecule has 4 bridgehead atoms. The van der Waals surface area contributed by atoms with Crippen molar-refractivity contribution < 1.29 is 9.53 Å². The van der Waals surface area contributed by atoms with E-state index in [0.29, 0.717) is 19.6 Å². The van der Waals surface area contributed by atoms with Crippen molar-refractivity contribution in [3.63, 3.8) is 0 Å². The number of hydrogen-bond donors (Lipinski definition) is 0. The van der Waals surface area contributed by atoms with Crippen molar-refractivity contribution in [2.75, 3.05) is 19.8 Å². The maximum atomic E-state index is 13.3. The highest BCUT2D eigenvalue weighted by Gasteiger charge is 2.55. The summed E-state index contributed by atoms with van der Waals surface area (Å²) >= 11 is 0. The van der Waals surface area contributed by atoms with Crippen LogP contribution in [0.15, 0.2) is 0 Å². The minimum absolute atomic E-state index is 0.0236. The van der Waals surface area contributed by atoms with E-state index in [9.17, 15) is 4.79 Å². The number of hydrogen-bond acceptors (Lipinski definition) is 3. The highest BCUT2D eigenvalue weighted by atomic mass is 16.5. The molecular weight excluding hydrogens is 288 g/mol. The predicted octanol–water partition coefficient (Wildman–Crippen LogP) is 3.12. The summed E-state index contributed by atoms with van der Waals surface area (Å²) in [6.07, 6.45) is 10.1. The summed E-state index contributed by atoms with van der Waals surface area (Å²) in [6.45, 7) is 1.99. The standard InChI is InChI=1S/C19H28N2O2/c20-4-2-5-21(18(22)17-3-1-6-23-13-17)19-10-14-7-15(11-19)9-16(8-14)12-19/h14-17H,1-3,5-13H2/t14?,15?,16?,17-,19?/m1/s1. The van der Waals surface area contributed by atoms with Crippen molar-refractivity contribution in [2.45, 2.75) is 63.3 Å². The second kappa shape index (κ2) is 6.09. The number of ether oxygens (including phenoxy) is 1. The molecule has 23 heavy (non-hydrogen) atoms. The lowest BCUT2D eigenvalue weighted by Crippen LogP contribution is -2.63. The van der Waals surface area contributed by atoms with E-state index in [0.717, 1.165) is 37.2 Å². The Bertz CT molecular complexity index is 469. The molecule has 0 N–H and O–H groups in total. The molecule has 0 spiro atoms. The quantitative estimate of drug-likeness (QED) is 0.800. The van der Waals surface area contributed by atoms with Gasteiger partial charge < -0.3 is 9.64 Å². The lowest BCUT2D eigenvalue weighted by molar-refractivity contribution is -0.158. The lowest BCUT2D eigenvalue weighted by atomic mass is 9.52. The molecule has 0 aromatic rings. The van der Waals surface area contributed by atoms with Crippen LogP contribution in [0.25, 0.3) is 0 Å². The average Bonchev–Trinajstić information content (AvgIpc) is 2.54. The van der Waals surface area contributed by atoms with Crippen molar-refractivity contribution in [3.8, 4) is 6.07 Å². The minimum Gasteiger partial charge on any atom is -0.381 e. The van der Waals surface area contributed by atoms with Gasteiger partial charge in [-0.15, -0.1) is 0 Å². The third-order valence-electron chi connectivity index (χ3n) is 6.80. The van der Waals surface area contributed by atoms with E-state index in [1.165, 1.54) is 38.5 Å². The van der Waals surface area contributed by atoms with Gasteiger partial charge in [0, 0.05) is 18.7 Å². The topological polar surface area (TPSA) is 53.3 Å². The Labute approximate surface area is 139 Å².